The van der Waals surface area contributed by atoms with Crippen LogP contribution in [-0.4, -0.2) is 45.4 Å². The molecule has 0 saturated heterocycles. The van der Waals surface area contributed by atoms with E-state index < -0.39 is 17.8 Å². The van der Waals surface area contributed by atoms with Crippen molar-refractivity contribution in [2.24, 2.45) is 4.99 Å². The second kappa shape index (κ2) is 7.90. The molecule has 0 radical (unpaired) electrons. The summed E-state index contributed by atoms with van der Waals surface area (Å²) in [7, 11) is -0.339. The van der Waals surface area contributed by atoms with Crippen LogP contribution in [0.15, 0.2) is 41.4 Å². The van der Waals surface area contributed by atoms with Crippen molar-refractivity contribution in [3.63, 3.8) is 0 Å². The third-order valence-corrected chi connectivity index (χ3v) is 6.38. The van der Waals surface area contributed by atoms with E-state index in [4.69, 9.17) is 14.9 Å². The molecule has 6 nitrogen and oxygen atoms in total. The molecule has 1 aromatic heterocycles. The number of aliphatic imine (C=N–C) groups is 1. The lowest BCUT2D eigenvalue weighted by Crippen LogP contribution is -2.18. The number of carboxylic acids is 1. The molecule has 0 bridgehead atoms. The zero-order valence-electron chi connectivity index (χ0n) is 14.5. The number of benzene rings is 2. The Morgan fingerprint density at radius 3 is 2.89 bits per heavy atom. The zero-order valence-corrected chi connectivity index (χ0v) is 16.1. The van der Waals surface area contributed by atoms with Gasteiger partial charge in [0.2, 0.25) is 0 Å². The monoisotopic (exact) mass is 416 g/mol. The van der Waals surface area contributed by atoms with E-state index in [1.54, 1.807) is 12.1 Å². The molecule has 0 amide bonds. The van der Waals surface area contributed by atoms with Crippen LogP contribution >= 0.6 is 23.1 Å². The number of thioether (sulfide) groups is 1. The van der Waals surface area contributed by atoms with Gasteiger partial charge in [-0.2, -0.15) is 0 Å². The van der Waals surface area contributed by atoms with Gasteiger partial charge >= 0.3 is 13.5 Å². The molecule has 1 atom stereocenters. The van der Waals surface area contributed by atoms with Gasteiger partial charge in [0.1, 0.15) is 28.2 Å². The number of halogens is 1. The molecular formula is C18H14BFN2O4S2. The summed E-state index contributed by atoms with van der Waals surface area (Å²) < 4.78 is 20.4. The molecule has 10 heteroatoms. The van der Waals surface area contributed by atoms with Gasteiger partial charge < -0.3 is 14.9 Å². The molecule has 4 rings (SSSR count). The van der Waals surface area contributed by atoms with Crippen molar-refractivity contribution in [2.45, 2.75) is 12.6 Å². The highest BCUT2D eigenvalue weighted by atomic mass is 32.2. The maximum absolute atomic E-state index is 13.7. The maximum Gasteiger partial charge on any atom is 0.329 e. The number of aromatic nitrogens is 1. The van der Waals surface area contributed by atoms with Gasteiger partial charge in [-0.25, -0.2) is 14.2 Å². The summed E-state index contributed by atoms with van der Waals surface area (Å²) >= 11 is 2.82. The third kappa shape index (κ3) is 3.89. The van der Waals surface area contributed by atoms with E-state index >= 15 is 0 Å². The predicted molar refractivity (Wildman–Crippen MR) is 110 cm³/mol. The first kappa shape index (κ1) is 18.9. The molecule has 3 aromatic rings. The van der Waals surface area contributed by atoms with Crippen LogP contribution in [0, 0.1) is 5.82 Å². The normalized spacial score (nSPS) is 16.2. The van der Waals surface area contributed by atoms with Crippen LogP contribution in [-0.2, 0) is 11.4 Å². The molecule has 2 N–H and O–H groups in total. The van der Waals surface area contributed by atoms with Crippen molar-refractivity contribution in [2.75, 3.05) is 5.75 Å². The summed E-state index contributed by atoms with van der Waals surface area (Å²) in [5, 5.41) is 19.4. The standard InChI is InChI=1S/C18H14BFN2O4S2/c20-12-5-9(1-3-11(12)19-25)7-26-10-2-4-13-15(6-10)28-17(21-13)16-22-14(8-27-16)18(23)24/h1-6,14,19,25H,7-8H2,(H,23,24)/t14-/m1/s1. The summed E-state index contributed by atoms with van der Waals surface area (Å²) in [5.41, 5.74) is 1.70. The Morgan fingerprint density at radius 1 is 1.32 bits per heavy atom. The van der Waals surface area contributed by atoms with Crippen LogP contribution in [0.25, 0.3) is 10.2 Å². The number of hydrogen-bond acceptors (Lipinski definition) is 7. The molecule has 0 fully saturated rings. The van der Waals surface area contributed by atoms with Crippen LogP contribution in [0.4, 0.5) is 4.39 Å². The fourth-order valence-electron chi connectivity index (χ4n) is 2.68. The second-order valence-electron chi connectivity index (χ2n) is 6.12. The topological polar surface area (TPSA) is 92.0 Å². The zero-order chi connectivity index (χ0) is 19.7. The summed E-state index contributed by atoms with van der Waals surface area (Å²) in [4.78, 5) is 19.8. The van der Waals surface area contributed by atoms with Gasteiger partial charge in [0.25, 0.3) is 0 Å². The number of carboxylic acid groups (broad SMARTS) is 1. The smallest absolute Gasteiger partial charge is 0.329 e. The number of nitrogens with zero attached hydrogens (tertiary/aromatic N) is 2. The number of carbonyl (C=O) groups is 1. The molecule has 28 heavy (non-hydrogen) atoms. The van der Waals surface area contributed by atoms with Gasteiger partial charge in [0, 0.05) is 5.75 Å². The minimum Gasteiger partial charge on any atom is -0.489 e. The average molecular weight is 416 g/mol. The summed E-state index contributed by atoms with van der Waals surface area (Å²) in [6.45, 7) is 0.197. The number of ether oxygens (including phenoxy) is 1. The first-order valence-corrected chi connectivity index (χ1v) is 10.2. The SMILES string of the molecule is O=C(O)[C@H]1CSC(c2nc3ccc(OCc4ccc(BO)c(F)c4)cc3s2)=N1. The lowest BCUT2D eigenvalue weighted by Gasteiger charge is -2.07. The number of fused-ring (bicyclic) bond motifs is 1. The fourth-order valence-corrected chi connectivity index (χ4v) is 4.77. The summed E-state index contributed by atoms with van der Waals surface area (Å²) in [5.74, 6) is -0.345. The number of thiazole rings is 1. The Morgan fingerprint density at radius 2 is 2.18 bits per heavy atom. The predicted octanol–water partition coefficient (Wildman–Crippen LogP) is 1.93. The minimum atomic E-state index is -0.928. The molecule has 2 heterocycles. The van der Waals surface area contributed by atoms with E-state index in [9.17, 15) is 9.18 Å². The third-order valence-electron chi connectivity index (χ3n) is 4.17. The van der Waals surface area contributed by atoms with E-state index in [0.717, 1.165) is 10.2 Å². The summed E-state index contributed by atoms with van der Waals surface area (Å²) in [6, 6.07) is 9.35. The van der Waals surface area contributed by atoms with Crippen LogP contribution in [0.2, 0.25) is 0 Å². The molecule has 1 aliphatic heterocycles. The second-order valence-corrected chi connectivity index (χ2v) is 8.16. The largest absolute Gasteiger partial charge is 0.489 e. The van der Waals surface area contributed by atoms with Crippen molar-refractivity contribution in [3.05, 3.63) is 52.8 Å². The number of aliphatic carboxylic acids is 1. The molecule has 1 aliphatic rings. The van der Waals surface area contributed by atoms with Crippen molar-refractivity contribution < 1.29 is 24.1 Å². The Kier molecular flexibility index (Phi) is 5.34. The highest BCUT2D eigenvalue weighted by Gasteiger charge is 2.26. The summed E-state index contributed by atoms with van der Waals surface area (Å²) in [6.07, 6.45) is 0. The van der Waals surface area contributed by atoms with Gasteiger partial charge in [-0.15, -0.1) is 23.1 Å². The van der Waals surface area contributed by atoms with Crippen molar-refractivity contribution in [3.8, 4) is 5.75 Å². The molecule has 0 saturated carbocycles. The van der Waals surface area contributed by atoms with Crippen LogP contribution in [0.5, 0.6) is 5.75 Å². The van der Waals surface area contributed by atoms with Crippen LogP contribution in [0.3, 0.4) is 0 Å². The van der Waals surface area contributed by atoms with E-state index in [1.165, 1.54) is 35.2 Å². The van der Waals surface area contributed by atoms with Gasteiger partial charge in [0.05, 0.1) is 10.2 Å². The highest BCUT2D eigenvalue weighted by Crippen LogP contribution is 2.31. The molecule has 142 valence electrons. The first-order valence-electron chi connectivity index (χ1n) is 8.39. The van der Waals surface area contributed by atoms with Gasteiger partial charge in [-0.05, 0) is 35.3 Å². The van der Waals surface area contributed by atoms with Crippen molar-refractivity contribution >= 4 is 57.3 Å². The van der Waals surface area contributed by atoms with Crippen molar-refractivity contribution in [1.29, 1.82) is 0 Å². The Bertz CT molecular complexity index is 1090. The van der Waals surface area contributed by atoms with Gasteiger partial charge in [0.15, 0.2) is 6.04 Å². The van der Waals surface area contributed by atoms with Gasteiger partial charge in [-0.1, -0.05) is 12.1 Å². The lowest BCUT2D eigenvalue weighted by molar-refractivity contribution is -0.137. The van der Waals surface area contributed by atoms with E-state index in [-0.39, 0.29) is 19.6 Å². The number of hydrogen-bond donors (Lipinski definition) is 2. The van der Waals surface area contributed by atoms with E-state index in [0.29, 0.717) is 27.1 Å². The Hall–Kier alpha value is -2.43. The average Bonchev–Trinajstić information content (AvgIpc) is 3.33. The van der Waals surface area contributed by atoms with Crippen LogP contribution < -0.4 is 10.2 Å². The fraction of sp³-hybridized carbons (Fsp3) is 0.167. The van der Waals surface area contributed by atoms with Gasteiger partial charge in [-0.3, -0.25) is 4.99 Å². The lowest BCUT2D eigenvalue weighted by atomic mass is 9.87. The van der Waals surface area contributed by atoms with E-state index in [2.05, 4.69) is 9.98 Å². The first-order chi connectivity index (χ1) is 13.5. The highest BCUT2D eigenvalue weighted by molar-refractivity contribution is 8.15. The van der Waals surface area contributed by atoms with Crippen LogP contribution in [0.1, 0.15) is 10.6 Å². The quantitative estimate of drug-likeness (QED) is 0.597. The molecule has 0 unspecified atom stereocenters. The number of rotatable bonds is 6. The van der Waals surface area contributed by atoms with Crippen molar-refractivity contribution in [1.82, 2.24) is 4.98 Å². The van der Waals surface area contributed by atoms with E-state index in [1.807, 2.05) is 12.1 Å². The Balaban J connectivity index is 1.50. The molecule has 2 aromatic carbocycles. The Labute approximate surface area is 168 Å². The molecule has 0 aliphatic carbocycles. The molecular weight excluding hydrogens is 402 g/mol. The molecule has 0 spiro atoms. The maximum atomic E-state index is 13.7. The minimum absolute atomic E-state index is 0.197.